The number of ether oxygens (including phenoxy) is 3. The average molecular weight is 1150 g/mol. The first-order valence-corrected chi connectivity index (χ1v) is 34.7. The predicted octanol–water partition coefficient (Wildman–Crippen LogP) is 24.1. The predicted molar refractivity (Wildman–Crippen MR) is 362 cm³/mol. The first-order chi connectivity index (χ1) is 41.0. The van der Waals surface area contributed by atoms with Crippen molar-refractivity contribution in [1.82, 2.24) is 0 Å². The van der Waals surface area contributed by atoms with E-state index in [0.717, 1.165) is 128 Å². The first kappa shape index (κ1) is 78.5. The molecule has 0 aliphatic rings. The maximum Gasteiger partial charge on any atom is 0.306 e. The Hall–Kier alpha value is -4.45. The monoisotopic (exact) mass is 1150 g/mol. The van der Waals surface area contributed by atoms with Crippen LogP contribution in [0.25, 0.3) is 0 Å². The molecule has 472 valence electrons. The molecule has 83 heavy (non-hydrogen) atoms. The lowest BCUT2D eigenvalue weighted by Crippen LogP contribution is -2.30. The van der Waals surface area contributed by atoms with Gasteiger partial charge in [-0.3, -0.25) is 14.4 Å². The number of allylic oxidation sites excluding steroid dienone is 22. The minimum Gasteiger partial charge on any atom is -0.462 e. The van der Waals surface area contributed by atoms with Crippen molar-refractivity contribution >= 4 is 17.9 Å². The van der Waals surface area contributed by atoms with Crippen LogP contribution in [0.2, 0.25) is 0 Å². The third-order valence-corrected chi connectivity index (χ3v) is 14.6. The average Bonchev–Trinajstić information content (AvgIpc) is 3.49. The molecule has 6 heteroatoms. The van der Waals surface area contributed by atoms with Crippen LogP contribution in [-0.4, -0.2) is 37.2 Å². The van der Waals surface area contributed by atoms with Crippen LogP contribution in [0.5, 0.6) is 0 Å². The standard InChI is InChI=1S/C77H128O6/c1-4-7-10-13-16-19-22-25-28-31-33-34-35-36-37-38-39-40-41-42-43-44-45-47-49-52-55-58-61-64-67-70-76(79)82-73-74(72-81-75(78)69-66-63-60-57-54-51-48-30-27-24-21-18-15-12-9-6-3)83-77(80)71-68-65-62-59-56-53-50-46-32-29-26-23-20-17-14-11-8-5-2/h7,10,16,19,25,28-30,32-34,36-37,39-40,42-43,45,47-48,52,55,74H,4-6,8-9,11-15,17-18,20-24,26-27,31,35,38,41,44,46,49-51,53-54,56-73H2,1-3H3/b10-7-,19-16-,28-25-,32-29-,34-33-,37-36-,40-39-,43-42-,47-45-,48-30-,55-52-. The van der Waals surface area contributed by atoms with Crippen LogP contribution in [0.4, 0.5) is 0 Å². The molecule has 0 saturated heterocycles. The molecule has 0 N–H and O–H groups in total. The summed E-state index contributed by atoms with van der Waals surface area (Å²) in [6.45, 7) is 6.51. The quantitative estimate of drug-likeness (QED) is 0.0261. The second-order valence-electron chi connectivity index (χ2n) is 22.7. The molecule has 0 aromatic heterocycles. The van der Waals surface area contributed by atoms with Gasteiger partial charge in [-0.05, 0) is 141 Å². The molecule has 0 bridgehead atoms. The molecule has 0 aromatic rings. The summed E-state index contributed by atoms with van der Waals surface area (Å²) in [5, 5.41) is 0. The number of esters is 3. The van der Waals surface area contributed by atoms with Gasteiger partial charge < -0.3 is 14.2 Å². The third kappa shape index (κ3) is 68.2. The molecule has 0 spiro atoms. The summed E-state index contributed by atoms with van der Waals surface area (Å²) in [5.41, 5.74) is 0. The van der Waals surface area contributed by atoms with E-state index in [4.69, 9.17) is 14.2 Å². The van der Waals surface area contributed by atoms with Crippen LogP contribution in [-0.2, 0) is 28.6 Å². The second-order valence-corrected chi connectivity index (χ2v) is 22.7. The van der Waals surface area contributed by atoms with E-state index in [1.54, 1.807) is 0 Å². The molecule has 1 atom stereocenters. The van der Waals surface area contributed by atoms with E-state index >= 15 is 0 Å². The highest BCUT2D eigenvalue weighted by atomic mass is 16.6. The Morgan fingerprint density at radius 1 is 0.253 bits per heavy atom. The van der Waals surface area contributed by atoms with E-state index in [0.29, 0.717) is 19.3 Å². The van der Waals surface area contributed by atoms with Gasteiger partial charge >= 0.3 is 17.9 Å². The molecule has 0 rings (SSSR count). The lowest BCUT2D eigenvalue weighted by Gasteiger charge is -2.18. The maximum atomic E-state index is 12.9. The van der Waals surface area contributed by atoms with Crippen LogP contribution in [0.15, 0.2) is 134 Å². The van der Waals surface area contributed by atoms with Gasteiger partial charge in [0.05, 0.1) is 0 Å². The first-order valence-electron chi connectivity index (χ1n) is 34.7. The van der Waals surface area contributed by atoms with Gasteiger partial charge in [0, 0.05) is 19.3 Å². The maximum absolute atomic E-state index is 12.9. The summed E-state index contributed by atoms with van der Waals surface area (Å²) < 4.78 is 16.9. The van der Waals surface area contributed by atoms with Gasteiger partial charge in [0.1, 0.15) is 13.2 Å². The van der Waals surface area contributed by atoms with Gasteiger partial charge in [0.2, 0.25) is 0 Å². The summed E-state index contributed by atoms with van der Waals surface area (Å²) in [4.78, 5) is 38.4. The Kier molecular flexibility index (Phi) is 66.3. The van der Waals surface area contributed by atoms with E-state index in [9.17, 15) is 14.4 Å². The fourth-order valence-electron chi connectivity index (χ4n) is 9.43. The van der Waals surface area contributed by atoms with Gasteiger partial charge in [-0.1, -0.05) is 289 Å². The summed E-state index contributed by atoms with van der Waals surface area (Å²) in [7, 11) is 0. The van der Waals surface area contributed by atoms with Crippen molar-refractivity contribution < 1.29 is 28.6 Å². The highest BCUT2D eigenvalue weighted by Crippen LogP contribution is 2.15. The lowest BCUT2D eigenvalue weighted by atomic mass is 10.1. The van der Waals surface area contributed by atoms with Crippen LogP contribution >= 0.6 is 0 Å². The molecule has 0 aliphatic carbocycles. The number of carbonyl (C=O) groups excluding carboxylic acids is 3. The van der Waals surface area contributed by atoms with Gasteiger partial charge in [-0.25, -0.2) is 0 Å². The van der Waals surface area contributed by atoms with Crippen molar-refractivity contribution in [2.75, 3.05) is 13.2 Å². The number of rotatable bonds is 62. The summed E-state index contributed by atoms with van der Waals surface area (Å²) in [6, 6.07) is 0. The van der Waals surface area contributed by atoms with E-state index < -0.39 is 6.10 Å². The largest absolute Gasteiger partial charge is 0.462 e. The Morgan fingerprint density at radius 2 is 0.470 bits per heavy atom. The van der Waals surface area contributed by atoms with E-state index in [-0.39, 0.29) is 31.1 Å². The smallest absolute Gasteiger partial charge is 0.306 e. The van der Waals surface area contributed by atoms with Crippen molar-refractivity contribution in [2.45, 2.75) is 322 Å². The Bertz CT molecular complexity index is 1750. The van der Waals surface area contributed by atoms with Crippen molar-refractivity contribution in [3.05, 3.63) is 134 Å². The second kappa shape index (κ2) is 70.0. The van der Waals surface area contributed by atoms with Gasteiger partial charge in [0.25, 0.3) is 0 Å². The summed E-state index contributed by atoms with van der Waals surface area (Å²) >= 11 is 0. The van der Waals surface area contributed by atoms with Crippen LogP contribution in [0.3, 0.4) is 0 Å². The lowest BCUT2D eigenvalue weighted by molar-refractivity contribution is -0.167. The SMILES string of the molecule is CC/C=C\C/C=C\C/C=C\C/C=C\C/C=C\C/C=C\C/C=C\C/C=C\C/C=C\CCCCCC(=O)OCC(COC(=O)CCCCCCC/C=C\CCCCCCCCC)OC(=O)CCCCCCCCC/C=C\CCCCCCCCC. The summed E-state index contributed by atoms with van der Waals surface area (Å²) in [6.07, 6.45) is 98.9. The highest BCUT2D eigenvalue weighted by molar-refractivity contribution is 5.71. The zero-order chi connectivity index (χ0) is 59.9. The Labute approximate surface area is 513 Å². The Morgan fingerprint density at radius 3 is 0.759 bits per heavy atom. The molecule has 0 radical (unpaired) electrons. The van der Waals surface area contributed by atoms with Crippen LogP contribution in [0.1, 0.15) is 316 Å². The third-order valence-electron chi connectivity index (χ3n) is 14.6. The molecular weight excluding hydrogens is 1020 g/mol. The minimum atomic E-state index is -0.803. The normalized spacial score (nSPS) is 13.0. The van der Waals surface area contributed by atoms with Crippen molar-refractivity contribution in [1.29, 1.82) is 0 Å². The number of hydrogen-bond acceptors (Lipinski definition) is 6. The van der Waals surface area contributed by atoms with E-state index in [1.807, 2.05) is 0 Å². The molecule has 0 aliphatic heterocycles. The number of hydrogen-bond donors (Lipinski definition) is 0. The molecule has 0 saturated carbocycles. The molecule has 0 fully saturated rings. The van der Waals surface area contributed by atoms with Crippen LogP contribution < -0.4 is 0 Å². The molecule has 0 heterocycles. The molecule has 1 unspecified atom stereocenters. The zero-order valence-corrected chi connectivity index (χ0v) is 54.2. The number of carbonyl (C=O) groups is 3. The molecule has 6 nitrogen and oxygen atoms in total. The minimum absolute atomic E-state index is 0.0966. The molecule has 0 aromatic carbocycles. The van der Waals surface area contributed by atoms with Crippen molar-refractivity contribution in [3.63, 3.8) is 0 Å². The zero-order valence-electron chi connectivity index (χ0n) is 54.2. The summed E-state index contributed by atoms with van der Waals surface area (Å²) in [5.74, 6) is -0.936. The fourth-order valence-corrected chi connectivity index (χ4v) is 9.43. The van der Waals surface area contributed by atoms with Crippen molar-refractivity contribution in [3.8, 4) is 0 Å². The number of unbranched alkanes of at least 4 members (excludes halogenated alkanes) is 29. The Balaban J connectivity index is 4.43. The highest BCUT2D eigenvalue weighted by Gasteiger charge is 2.19. The van der Waals surface area contributed by atoms with Crippen LogP contribution in [0, 0.1) is 0 Å². The van der Waals surface area contributed by atoms with E-state index in [1.165, 1.54) is 148 Å². The van der Waals surface area contributed by atoms with Gasteiger partial charge in [0.15, 0.2) is 6.10 Å². The fraction of sp³-hybridized carbons (Fsp3) is 0.675. The van der Waals surface area contributed by atoms with Gasteiger partial charge in [-0.15, -0.1) is 0 Å². The van der Waals surface area contributed by atoms with Crippen molar-refractivity contribution in [2.24, 2.45) is 0 Å². The van der Waals surface area contributed by atoms with Gasteiger partial charge in [-0.2, -0.15) is 0 Å². The topological polar surface area (TPSA) is 78.9 Å². The van der Waals surface area contributed by atoms with E-state index in [2.05, 4.69) is 154 Å². The molecular formula is C77H128O6. The molecule has 0 amide bonds.